The second-order valence-corrected chi connectivity index (χ2v) is 3.26. The predicted molar refractivity (Wildman–Crippen MR) is 57.0 cm³/mol. The Morgan fingerprint density at radius 3 is 2.88 bits per heavy atom. The van der Waals surface area contributed by atoms with E-state index in [2.05, 4.69) is 15.5 Å². The molecule has 1 aromatic rings. The molecule has 1 heterocycles. The molecular weight excluding hydrogens is 226 g/mol. The number of esters is 1. The Labute approximate surface area is 98.5 Å². The van der Waals surface area contributed by atoms with Crippen molar-refractivity contribution in [1.82, 2.24) is 15.5 Å². The summed E-state index contributed by atoms with van der Waals surface area (Å²) >= 11 is 0. The summed E-state index contributed by atoms with van der Waals surface area (Å²) in [6.45, 7) is 2.09. The number of nitrogens with one attached hydrogen (secondary N) is 1. The topological polar surface area (TPSA) is 94.3 Å². The van der Waals surface area contributed by atoms with Crippen molar-refractivity contribution in [3.8, 4) is 0 Å². The smallest absolute Gasteiger partial charge is 0.306 e. The van der Waals surface area contributed by atoms with E-state index in [-0.39, 0.29) is 24.7 Å². The second-order valence-electron chi connectivity index (χ2n) is 3.26. The first-order valence-electron chi connectivity index (χ1n) is 5.33. The summed E-state index contributed by atoms with van der Waals surface area (Å²) in [5, 5.41) is 6.08. The number of aryl methyl sites for hydroxylation is 1. The molecule has 0 atom stereocenters. The molecular formula is C10H15N3O4. The van der Waals surface area contributed by atoms with Gasteiger partial charge in [-0.05, 0) is 6.92 Å². The van der Waals surface area contributed by atoms with Crippen LogP contribution in [0.5, 0.6) is 0 Å². The summed E-state index contributed by atoms with van der Waals surface area (Å²) in [6.07, 6.45) is 0.578. The van der Waals surface area contributed by atoms with E-state index in [1.807, 2.05) is 0 Å². The Kier molecular flexibility index (Phi) is 5.12. The molecule has 17 heavy (non-hydrogen) atoms. The van der Waals surface area contributed by atoms with Gasteiger partial charge in [0.1, 0.15) is 0 Å². The van der Waals surface area contributed by atoms with Gasteiger partial charge < -0.3 is 14.6 Å². The molecule has 7 nitrogen and oxygen atoms in total. The fourth-order valence-corrected chi connectivity index (χ4v) is 1.14. The van der Waals surface area contributed by atoms with E-state index in [9.17, 15) is 9.59 Å². The van der Waals surface area contributed by atoms with E-state index in [0.717, 1.165) is 0 Å². The molecule has 0 bridgehead atoms. The highest BCUT2D eigenvalue weighted by Crippen LogP contribution is 2.02. The maximum atomic E-state index is 11.1. The van der Waals surface area contributed by atoms with Crippen molar-refractivity contribution in [1.29, 1.82) is 0 Å². The van der Waals surface area contributed by atoms with Crippen LogP contribution in [-0.2, 0) is 27.2 Å². The average molecular weight is 241 g/mol. The largest absolute Gasteiger partial charge is 0.466 e. The van der Waals surface area contributed by atoms with Crippen molar-refractivity contribution in [3.63, 3.8) is 0 Å². The van der Waals surface area contributed by atoms with Crippen molar-refractivity contribution in [2.24, 2.45) is 0 Å². The maximum Gasteiger partial charge on any atom is 0.306 e. The van der Waals surface area contributed by atoms with Gasteiger partial charge in [-0.2, -0.15) is 4.98 Å². The first-order valence-corrected chi connectivity index (χ1v) is 5.33. The predicted octanol–water partition coefficient (Wildman–Crippen LogP) is -0.146. The third-order valence-corrected chi connectivity index (χ3v) is 1.96. The minimum absolute atomic E-state index is 0.0689. The van der Waals surface area contributed by atoms with Crippen molar-refractivity contribution in [2.45, 2.75) is 26.2 Å². The number of nitrogens with zero attached hydrogens (tertiary/aromatic N) is 2. The van der Waals surface area contributed by atoms with Crippen LogP contribution >= 0.6 is 0 Å². The van der Waals surface area contributed by atoms with E-state index in [0.29, 0.717) is 24.7 Å². The Balaban J connectivity index is 2.40. The van der Waals surface area contributed by atoms with E-state index < -0.39 is 0 Å². The van der Waals surface area contributed by atoms with Gasteiger partial charge in [-0.15, -0.1) is 0 Å². The monoisotopic (exact) mass is 241 g/mol. The number of ether oxygens (including phenoxy) is 1. The van der Waals surface area contributed by atoms with Crippen LogP contribution in [0, 0.1) is 0 Å². The lowest BCUT2D eigenvalue weighted by molar-refractivity contribution is -0.143. The molecule has 7 heteroatoms. The number of carbonyl (C=O) groups excluding carboxylic acids is 2. The number of hydrogen-bond donors (Lipinski definition) is 1. The van der Waals surface area contributed by atoms with Gasteiger partial charge in [0, 0.05) is 13.5 Å². The van der Waals surface area contributed by atoms with Gasteiger partial charge in [0.25, 0.3) is 0 Å². The van der Waals surface area contributed by atoms with Crippen molar-refractivity contribution in [2.75, 3.05) is 13.7 Å². The molecule has 0 saturated heterocycles. The zero-order chi connectivity index (χ0) is 12.7. The lowest BCUT2D eigenvalue weighted by Gasteiger charge is -1.97. The lowest BCUT2D eigenvalue weighted by atomic mass is 10.3. The van der Waals surface area contributed by atoms with Crippen LogP contribution in [0.2, 0.25) is 0 Å². The van der Waals surface area contributed by atoms with Crippen LogP contribution in [-0.4, -0.2) is 35.7 Å². The molecule has 0 aliphatic rings. The Morgan fingerprint density at radius 2 is 2.24 bits per heavy atom. The quantitative estimate of drug-likeness (QED) is 0.696. The molecule has 0 saturated carbocycles. The summed E-state index contributed by atoms with van der Waals surface area (Å²) in [5.41, 5.74) is 0. The molecule has 0 aliphatic heterocycles. The van der Waals surface area contributed by atoms with Gasteiger partial charge in [-0.3, -0.25) is 9.59 Å². The Bertz CT molecular complexity index is 389. The molecule has 0 spiro atoms. The highest BCUT2D eigenvalue weighted by atomic mass is 16.5. The molecule has 1 N–H and O–H groups in total. The zero-order valence-corrected chi connectivity index (χ0v) is 9.86. The molecule has 1 aromatic heterocycles. The number of aromatic nitrogens is 2. The standard InChI is InChI=1S/C10H15N3O4/c1-3-16-10(15)5-4-9-12-7(13-17-9)6-8(14)11-2/h3-6H2,1-2H3,(H,11,14). The third-order valence-electron chi connectivity index (χ3n) is 1.96. The van der Waals surface area contributed by atoms with Crippen molar-refractivity contribution < 1.29 is 18.8 Å². The average Bonchev–Trinajstić information content (AvgIpc) is 2.74. The normalized spacial score (nSPS) is 10.0. The Morgan fingerprint density at radius 1 is 1.47 bits per heavy atom. The molecule has 0 aliphatic carbocycles. The summed E-state index contributed by atoms with van der Waals surface area (Å²) in [5.74, 6) is 0.140. The van der Waals surface area contributed by atoms with Gasteiger partial charge >= 0.3 is 5.97 Å². The molecule has 0 aromatic carbocycles. The van der Waals surface area contributed by atoms with Crippen LogP contribution in [0.15, 0.2) is 4.52 Å². The second kappa shape index (κ2) is 6.62. The van der Waals surface area contributed by atoms with E-state index in [4.69, 9.17) is 9.26 Å². The van der Waals surface area contributed by atoms with Crippen molar-refractivity contribution >= 4 is 11.9 Å². The van der Waals surface area contributed by atoms with Gasteiger partial charge in [-0.25, -0.2) is 0 Å². The van der Waals surface area contributed by atoms with Gasteiger partial charge in [0.05, 0.1) is 19.4 Å². The molecule has 1 amide bonds. The molecule has 94 valence electrons. The van der Waals surface area contributed by atoms with Crippen LogP contribution in [0.3, 0.4) is 0 Å². The minimum Gasteiger partial charge on any atom is -0.466 e. The maximum absolute atomic E-state index is 11.1. The molecule has 0 unspecified atom stereocenters. The SMILES string of the molecule is CCOC(=O)CCc1nc(CC(=O)NC)no1. The van der Waals surface area contributed by atoms with Crippen LogP contribution < -0.4 is 5.32 Å². The Hall–Kier alpha value is -1.92. The third kappa shape index (κ3) is 4.62. The number of hydrogen-bond acceptors (Lipinski definition) is 6. The van der Waals surface area contributed by atoms with Gasteiger partial charge in [0.2, 0.25) is 11.8 Å². The molecule has 1 rings (SSSR count). The van der Waals surface area contributed by atoms with Gasteiger partial charge in [-0.1, -0.05) is 5.16 Å². The number of amides is 1. The fourth-order valence-electron chi connectivity index (χ4n) is 1.14. The first kappa shape index (κ1) is 13.1. The first-order chi connectivity index (χ1) is 8.15. The fraction of sp³-hybridized carbons (Fsp3) is 0.600. The lowest BCUT2D eigenvalue weighted by Crippen LogP contribution is -2.20. The van der Waals surface area contributed by atoms with E-state index in [1.54, 1.807) is 6.92 Å². The van der Waals surface area contributed by atoms with Crippen LogP contribution in [0.4, 0.5) is 0 Å². The summed E-state index contributed by atoms with van der Waals surface area (Å²) < 4.78 is 9.65. The number of carbonyl (C=O) groups is 2. The summed E-state index contributed by atoms with van der Waals surface area (Å²) in [6, 6.07) is 0. The summed E-state index contributed by atoms with van der Waals surface area (Å²) in [4.78, 5) is 26.1. The highest BCUT2D eigenvalue weighted by molar-refractivity contribution is 5.77. The van der Waals surface area contributed by atoms with Gasteiger partial charge in [0.15, 0.2) is 5.82 Å². The minimum atomic E-state index is -0.307. The summed E-state index contributed by atoms with van der Waals surface area (Å²) in [7, 11) is 1.53. The molecule has 0 radical (unpaired) electrons. The highest BCUT2D eigenvalue weighted by Gasteiger charge is 2.11. The van der Waals surface area contributed by atoms with E-state index in [1.165, 1.54) is 7.05 Å². The van der Waals surface area contributed by atoms with Crippen molar-refractivity contribution in [3.05, 3.63) is 11.7 Å². The van der Waals surface area contributed by atoms with Crippen LogP contribution in [0.25, 0.3) is 0 Å². The number of rotatable bonds is 6. The number of likely N-dealkylation sites (N-methyl/N-ethyl adjacent to an activating group) is 1. The van der Waals surface area contributed by atoms with E-state index >= 15 is 0 Å². The zero-order valence-electron chi connectivity index (χ0n) is 9.86. The van der Waals surface area contributed by atoms with Crippen LogP contribution in [0.1, 0.15) is 25.1 Å². The molecule has 0 fully saturated rings.